The van der Waals surface area contributed by atoms with Crippen LogP contribution in [0, 0.1) is 0 Å². The fourth-order valence-corrected chi connectivity index (χ4v) is 1.26. The van der Waals surface area contributed by atoms with E-state index < -0.39 is 5.97 Å². The highest BCUT2D eigenvalue weighted by Crippen LogP contribution is 2.16. The summed E-state index contributed by atoms with van der Waals surface area (Å²) in [4.78, 5) is 17.0. The van der Waals surface area contributed by atoms with Crippen molar-refractivity contribution in [3.8, 4) is 0 Å². The van der Waals surface area contributed by atoms with Gasteiger partial charge in [0.05, 0.1) is 11.0 Å². The van der Waals surface area contributed by atoms with Crippen LogP contribution in [0.25, 0.3) is 11.0 Å². The number of halogens is 1. The first-order valence-electron chi connectivity index (χ1n) is 3.55. The highest BCUT2D eigenvalue weighted by molar-refractivity contribution is 6.31. The van der Waals surface area contributed by atoms with Crippen molar-refractivity contribution < 1.29 is 9.90 Å². The molecule has 74 valence electrons. The number of nitrogens with one attached hydrogen (secondary N) is 1. The van der Waals surface area contributed by atoms with Gasteiger partial charge in [-0.05, 0) is 18.2 Å². The molecule has 0 aliphatic rings. The zero-order valence-electron chi connectivity index (χ0n) is 6.41. The monoisotopic (exact) mass is 212 g/mol. The smallest absolute Gasteiger partial charge is 0.371 e. The number of carboxylic acids is 1. The molecule has 0 atom stereocenters. The molecule has 0 radical (unpaired) electrons. The average Bonchev–Trinajstić information content (AvgIpc) is 2.46. The molecule has 0 fully saturated rings. The van der Waals surface area contributed by atoms with Crippen molar-refractivity contribution in [3.63, 3.8) is 0 Å². The molecule has 14 heavy (non-hydrogen) atoms. The molecule has 5 heteroatoms. The lowest BCUT2D eigenvalue weighted by Gasteiger charge is -1.87. The Kier molecular flexibility index (Phi) is 2.76. The summed E-state index contributed by atoms with van der Waals surface area (Å²) in [6.07, 6.45) is 0. The van der Waals surface area contributed by atoms with E-state index in [9.17, 15) is 4.79 Å². The number of carbonyl (C=O) groups is 1. The van der Waals surface area contributed by atoms with Gasteiger partial charge in [0.2, 0.25) is 5.82 Å². The number of carboxylic acid groups (broad SMARTS) is 1. The zero-order chi connectivity index (χ0) is 9.42. The molecule has 1 aromatic heterocycles. The van der Waals surface area contributed by atoms with E-state index in [2.05, 4.69) is 9.97 Å². The van der Waals surface area contributed by atoms with E-state index in [1.165, 1.54) is 0 Å². The number of aromatic nitrogens is 2. The van der Waals surface area contributed by atoms with Crippen LogP contribution in [-0.4, -0.2) is 21.0 Å². The molecule has 0 amide bonds. The van der Waals surface area contributed by atoms with Crippen LogP contribution in [0.1, 0.15) is 18.0 Å². The number of aromatic carboxylic acids is 1. The number of hydrogen-bond acceptors (Lipinski definition) is 2. The van der Waals surface area contributed by atoms with E-state index in [0.717, 1.165) is 0 Å². The van der Waals surface area contributed by atoms with Gasteiger partial charge in [-0.2, -0.15) is 0 Å². The van der Waals surface area contributed by atoms with Crippen molar-refractivity contribution in [1.82, 2.24) is 9.97 Å². The van der Waals surface area contributed by atoms with Crippen LogP contribution in [0.5, 0.6) is 0 Å². The van der Waals surface area contributed by atoms with E-state index in [-0.39, 0.29) is 13.3 Å². The summed E-state index contributed by atoms with van der Waals surface area (Å²) in [6, 6.07) is 4.97. The summed E-state index contributed by atoms with van der Waals surface area (Å²) in [6.45, 7) is 0. The predicted octanol–water partition coefficient (Wildman–Crippen LogP) is 2.55. The summed E-state index contributed by atoms with van der Waals surface area (Å²) >= 11 is 5.71. The highest BCUT2D eigenvalue weighted by atomic mass is 35.5. The molecule has 2 rings (SSSR count). The van der Waals surface area contributed by atoms with Crippen LogP contribution in [-0.2, 0) is 0 Å². The fourth-order valence-electron chi connectivity index (χ4n) is 1.08. The van der Waals surface area contributed by atoms with Crippen molar-refractivity contribution in [1.29, 1.82) is 0 Å². The van der Waals surface area contributed by atoms with Gasteiger partial charge in [0.15, 0.2) is 0 Å². The summed E-state index contributed by atoms with van der Waals surface area (Å²) in [5.41, 5.74) is 1.23. The van der Waals surface area contributed by atoms with Gasteiger partial charge in [-0.3, -0.25) is 0 Å². The summed E-state index contributed by atoms with van der Waals surface area (Å²) in [7, 11) is 0. The van der Waals surface area contributed by atoms with E-state index in [1.54, 1.807) is 18.2 Å². The molecule has 1 heterocycles. The Morgan fingerprint density at radius 2 is 2.21 bits per heavy atom. The quantitative estimate of drug-likeness (QED) is 0.764. The standard InChI is InChI=1S/C8H5ClN2O2.CH4/c9-4-1-2-5-6(3-4)11-7(10-5)8(12)13;/h1-3H,(H,10,11)(H,12,13);1H4. The SMILES string of the molecule is C.O=C(O)c1nc2ccc(Cl)cc2[nH]1. The third-order valence-corrected chi connectivity index (χ3v) is 1.88. The van der Waals surface area contributed by atoms with Crippen molar-refractivity contribution in [3.05, 3.63) is 29.0 Å². The van der Waals surface area contributed by atoms with Gasteiger partial charge >= 0.3 is 5.97 Å². The minimum Gasteiger partial charge on any atom is -0.475 e. The number of hydrogen-bond donors (Lipinski definition) is 2. The normalized spacial score (nSPS) is 9.79. The lowest BCUT2D eigenvalue weighted by molar-refractivity contribution is 0.0685. The Labute approximate surface area is 85.5 Å². The number of nitrogens with zero attached hydrogens (tertiary/aromatic N) is 1. The molecule has 2 aromatic rings. The second-order valence-corrected chi connectivity index (χ2v) is 2.99. The molecule has 0 aliphatic heterocycles. The van der Waals surface area contributed by atoms with E-state index in [4.69, 9.17) is 16.7 Å². The molecular formula is C9H9ClN2O2. The molecule has 0 saturated heterocycles. The van der Waals surface area contributed by atoms with E-state index >= 15 is 0 Å². The zero-order valence-corrected chi connectivity index (χ0v) is 7.17. The van der Waals surface area contributed by atoms with Crippen molar-refractivity contribution in [2.24, 2.45) is 0 Å². The summed E-state index contributed by atoms with van der Waals surface area (Å²) in [5.74, 6) is -1.15. The lowest BCUT2D eigenvalue weighted by Crippen LogP contribution is -1.97. The third-order valence-electron chi connectivity index (χ3n) is 1.65. The van der Waals surface area contributed by atoms with Crippen LogP contribution >= 0.6 is 11.6 Å². The minimum atomic E-state index is -1.08. The Hall–Kier alpha value is -1.55. The van der Waals surface area contributed by atoms with Gasteiger partial charge in [-0.25, -0.2) is 9.78 Å². The molecule has 0 spiro atoms. The summed E-state index contributed by atoms with van der Waals surface area (Å²) < 4.78 is 0. The lowest BCUT2D eigenvalue weighted by atomic mass is 10.3. The maximum Gasteiger partial charge on any atom is 0.371 e. The van der Waals surface area contributed by atoms with Crippen molar-refractivity contribution in [2.75, 3.05) is 0 Å². The van der Waals surface area contributed by atoms with Gasteiger partial charge in [0, 0.05) is 5.02 Å². The maximum atomic E-state index is 10.5. The molecule has 2 N–H and O–H groups in total. The Morgan fingerprint density at radius 1 is 1.50 bits per heavy atom. The number of fused-ring (bicyclic) bond motifs is 1. The number of rotatable bonds is 1. The molecule has 0 unspecified atom stereocenters. The van der Waals surface area contributed by atoms with Crippen LogP contribution in [0.2, 0.25) is 5.02 Å². The van der Waals surface area contributed by atoms with Gasteiger partial charge in [0.25, 0.3) is 0 Å². The predicted molar refractivity (Wildman–Crippen MR) is 54.8 cm³/mol. The highest BCUT2D eigenvalue weighted by Gasteiger charge is 2.08. The van der Waals surface area contributed by atoms with Crippen LogP contribution in [0.15, 0.2) is 18.2 Å². The Bertz CT molecular complexity index is 479. The topological polar surface area (TPSA) is 66.0 Å². The largest absolute Gasteiger partial charge is 0.475 e. The maximum absolute atomic E-state index is 10.5. The average molecular weight is 213 g/mol. The molecule has 4 nitrogen and oxygen atoms in total. The summed E-state index contributed by atoms with van der Waals surface area (Å²) in [5, 5.41) is 9.18. The first-order valence-corrected chi connectivity index (χ1v) is 3.93. The minimum absolute atomic E-state index is 0. The van der Waals surface area contributed by atoms with Gasteiger partial charge in [-0.15, -0.1) is 0 Å². The van der Waals surface area contributed by atoms with Gasteiger partial charge in [0.1, 0.15) is 0 Å². The second-order valence-electron chi connectivity index (χ2n) is 2.55. The number of H-pyrrole nitrogens is 1. The van der Waals surface area contributed by atoms with Gasteiger partial charge in [-0.1, -0.05) is 19.0 Å². The number of aromatic amines is 1. The first kappa shape index (κ1) is 10.5. The van der Waals surface area contributed by atoms with Crippen LogP contribution in [0.4, 0.5) is 0 Å². The van der Waals surface area contributed by atoms with Gasteiger partial charge < -0.3 is 10.1 Å². The molecule has 0 saturated carbocycles. The molecule has 0 aliphatic carbocycles. The second kappa shape index (κ2) is 3.67. The Morgan fingerprint density at radius 3 is 2.86 bits per heavy atom. The third kappa shape index (κ3) is 1.70. The number of benzene rings is 1. The molecule has 1 aromatic carbocycles. The first-order chi connectivity index (χ1) is 6.16. The fraction of sp³-hybridized carbons (Fsp3) is 0.111. The molecular weight excluding hydrogens is 204 g/mol. The van der Waals surface area contributed by atoms with E-state index in [1.807, 2.05) is 0 Å². The van der Waals surface area contributed by atoms with Crippen molar-refractivity contribution in [2.45, 2.75) is 7.43 Å². The van der Waals surface area contributed by atoms with Crippen molar-refractivity contribution >= 4 is 28.6 Å². The number of imidazole rings is 1. The Balaban J connectivity index is 0.000000980. The molecule has 0 bridgehead atoms. The van der Waals surface area contributed by atoms with Crippen LogP contribution < -0.4 is 0 Å². The van der Waals surface area contributed by atoms with E-state index in [0.29, 0.717) is 16.1 Å². The van der Waals surface area contributed by atoms with Crippen LogP contribution in [0.3, 0.4) is 0 Å².